The first-order valence-corrected chi connectivity index (χ1v) is 15.4. The number of nitrogens with zero attached hydrogens (tertiary/aromatic N) is 5. The minimum atomic E-state index is -1.18. The van der Waals surface area contributed by atoms with E-state index in [-0.39, 0.29) is 30.8 Å². The molecular weight excluding hydrogens is 642 g/mol. The van der Waals surface area contributed by atoms with Gasteiger partial charge in [-0.3, -0.25) is 19.2 Å². The molecule has 0 saturated carbocycles. The van der Waals surface area contributed by atoms with E-state index in [2.05, 4.69) is 9.88 Å². The highest BCUT2D eigenvalue weighted by Gasteiger charge is 2.29. The number of imidazole rings is 1. The molecule has 9 nitrogen and oxygen atoms in total. The maximum atomic E-state index is 14.5. The maximum absolute atomic E-state index is 14.5. The van der Waals surface area contributed by atoms with E-state index in [9.17, 15) is 36.7 Å². The molecule has 2 aromatic heterocycles. The van der Waals surface area contributed by atoms with Gasteiger partial charge in [-0.15, -0.1) is 0 Å². The Labute approximate surface area is 277 Å². The van der Waals surface area contributed by atoms with E-state index < -0.39 is 70.3 Å². The molecule has 1 aliphatic heterocycles. The van der Waals surface area contributed by atoms with Crippen LogP contribution in [0.4, 0.5) is 23.2 Å². The van der Waals surface area contributed by atoms with Gasteiger partial charge in [-0.2, -0.15) is 0 Å². The quantitative estimate of drug-likeness (QED) is 0.0923. The fourth-order valence-electron chi connectivity index (χ4n) is 5.78. The summed E-state index contributed by atoms with van der Waals surface area (Å²) in [7, 11) is 0. The monoisotopic (exact) mass is 671 g/mol. The fraction of sp³-hybridized carbons (Fsp3) is 0.194. The number of hydrogen-bond acceptors (Lipinski definition) is 6. The van der Waals surface area contributed by atoms with Gasteiger partial charge in [-0.05, 0) is 42.0 Å². The molecule has 0 N–H and O–H groups in total. The number of pyridine rings is 1. The second-order valence-corrected chi connectivity index (χ2v) is 11.6. The number of carbonyl (C=O) groups is 3. The van der Waals surface area contributed by atoms with Gasteiger partial charge in [0, 0.05) is 85.8 Å². The summed E-state index contributed by atoms with van der Waals surface area (Å²) in [6.45, 7) is 0.994. The average molecular weight is 672 g/mol. The molecule has 3 aromatic carbocycles. The molecule has 1 saturated heterocycles. The number of Topliss-reactive ketones (excluding diaryl/α,β-unsaturated/α-hetero) is 2. The lowest BCUT2D eigenvalue weighted by molar-refractivity contribution is -0.144. The Morgan fingerprint density at radius 2 is 1.47 bits per heavy atom. The largest absolute Gasteiger partial charge is 0.368 e. The van der Waals surface area contributed by atoms with Crippen molar-refractivity contribution in [2.75, 3.05) is 31.1 Å². The summed E-state index contributed by atoms with van der Waals surface area (Å²) in [6.07, 6.45) is 5.00. The highest BCUT2D eigenvalue weighted by atomic mass is 19.1. The van der Waals surface area contributed by atoms with Gasteiger partial charge in [-0.1, -0.05) is 18.2 Å². The van der Waals surface area contributed by atoms with E-state index in [1.165, 1.54) is 29.3 Å². The third kappa shape index (κ3) is 7.35. The van der Waals surface area contributed by atoms with Gasteiger partial charge >= 0.3 is 0 Å². The number of anilines is 1. The van der Waals surface area contributed by atoms with Crippen molar-refractivity contribution in [1.29, 1.82) is 0 Å². The first-order chi connectivity index (χ1) is 23.6. The Morgan fingerprint density at radius 1 is 0.796 bits per heavy atom. The Bertz CT molecular complexity index is 2070. The minimum Gasteiger partial charge on any atom is -0.368 e. The van der Waals surface area contributed by atoms with Crippen LogP contribution in [0.1, 0.15) is 33.5 Å². The zero-order valence-electron chi connectivity index (χ0n) is 26.0. The molecule has 5 aromatic rings. The zero-order chi connectivity index (χ0) is 34.7. The molecule has 1 fully saturated rings. The van der Waals surface area contributed by atoms with Crippen molar-refractivity contribution >= 4 is 23.2 Å². The van der Waals surface area contributed by atoms with Crippen LogP contribution in [0.5, 0.6) is 0 Å². The molecular formula is C36H29F4N5O4. The van der Waals surface area contributed by atoms with Crippen molar-refractivity contribution in [3.8, 4) is 5.69 Å². The smallest absolute Gasteiger partial charge is 0.290 e. The second-order valence-electron chi connectivity index (χ2n) is 11.6. The van der Waals surface area contributed by atoms with Crippen molar-refractivity contribution < 1.29 is 31.9 Å². The van der Waals surface area contributed by atoms with Crippen LogP contribution < -0.4 is 10.5 Å². The van der Waals surface area contributed by atoms with E-state index in [1.807, 2.05) is 35.0 Å². The molecule has 0 unspecified atom stereocenters. The Morgan fingerprint density at radius 3 is 2.12 bits per heavy atom. The average Bonchev–Trinajstić information content (AvgIpc) is 3.64. The third-order valence-electron chi connectivity index (χ3n) is 8.37. The Kier molecular flexibility index (Phi) is 9.51. The molecule has 13 heteroatoms. The van der Waals surface area contributed by atoms with Crippen molar-refractivity contribution in [1.82, 2.24) is 19.0 Å². The predicted octanol–water partition coefficient (Wildman–Crippen LogP) is 4.72. The van der Waals surface area contributed by atoms with Gasteiger partial charge in [0.05, 0.1) is 24.9 Å². The van der Waals surface area contributed by atoms with Crippen LogP contribution in [0, 0.1) is 23.3 Å². The number of ketones is 2. The van der Waals surface area contributed by atoms with Crippen molar-refractivity contribution in [2.45, 2.75) is 19.4 Å². The summed E-state index contributed by atoms with van der Waals surface area (Å²) >= 11 is 0. The van der Waals surface area contributed by atoms with E-state index in [0.717, 1.165) is 22.0 Å². The van der Waals surface area contributed by atoms with Gasteiger partial charge in [0.15, 0.2) is 5.78 Å². The normalized spacial score (nSPS) is 13.1. The van der Waals surface area contributed by atoms with Crippen molar-refractivity contribution in [2.24, 2.45) is 0 Å². The molecule has 250 valence electrons. The maximum Gasteiger partial charge on any atom is 0.290 e. The van der Waals surface area contributed by atoms with Crippen LogP contribution in [-0.4, -0.2) is 62.7 Å². The summed E-state index contributed by atoms with van der Waals surface area (Å²) < 4.78 is 59.9. The Hall–Kier alpha value is -5.85. The van der Waals surface area contributed by atoms with Crippen LogP contribution in [0.3, 0.4) is 0 Å². The number of piperazine rings is 1. The highest BCUT2D eigenvalue weighted by molar-refractivity contribution is 6.40. The number of benzene rings is 3. The van der Waals surface area contributed by atoms with Crippen LogP contribution in [0.2, 0.25) is 0 Å². The van der Waals surface area contributed by atoms with E-state index in [1.54, 1.807) is 18.6 Å². The molecule has 0 aliphatic carbocycles. The molecule has 0 bridgehead atoms. The SMILES string of the molecule is O=C(CC(=O)c1cc(Cc2c(F)cc(F)cc2F)cn(Cc2ccccc2F)c1=O)C(=O)N1CCN(c2ccc(-n3ccnc3)cc2)CC1. The summed E-state index contributed by atoms with van der Waals surface area (Å²) in [6, 6.07) is 15.5. The summed E-state index contributed by atoms with van der Waals surface area (Å²) in [4.78, 5) is 60.4. The standard InChI is InChI=1S/C36H29F4N5O4/c37-25-17-31(39)28(32(40)18-25)15-23-16-29(35(48)45(20-23)21-24-3-1-2-4-30(24)38)33(46)19-34(47)36(49)43-13-11-42(12-14-43)26-5-7-27(8-6-26)44-10-9-41-22-44/h1-10,16-18,20,22H,11-15,19,21H2. The lowest BCUT2D eigenvalue weighted by Gasteiger charge is -2.35. The molecule has 3 heterocycles. The zero-order valence-corrected chi connectivity index (χ0v) is 26.0. The first kappa shape index (κ1) is 33.1. The molecule has 0 radical (unpaired) electrons. The fourth-order valence-corrected chi connectivity index (χ4v) is 5.78. The number of hydrogen-bond donors (Lipinski definition) is 0. The van der Waals surface area contributed by atoms with Crippen LogP contribution in [-0.2, 0) is 22.6 Å². The highest BCUT2D eigenvalue weighted by Crippen LogP contribution is 2.21. The van der Waals surface area contributed by atoms with Crippen LogP contribution in [0.25, 0.3) is 5.69 Å². The summed E-state index contributed by atoms with van der Waals surface area (Å²) in [5.41, 5.74) is 0.117. The number of halogens is 4. The number of rotatable bonds is 10. The van der Waals surface area contributed by atoms with E-state index in [4.69, 9.17) is 0 Å². The predicted molar refractivity (Wildman–Crippen MR) is 172 cm³/mol. The van der Waals surface area contributed by atoms with Gasteiger partial charge in [0.1, 0.15) is 23.3 Å². The lowest BCUT2D eigenvalue weighted by Crippen LogP contribution is -2.51. The van der Waals surface area contributed by atoms with Crippen molar-refractivity contribution in [3.63, 3.8) is 0 Å². The molecule has 0 atom stereocenters. The van der Waals surface area contributed by atoms with Gasteiger partial charge < -0.3 is 18.9 Å². The van der Waals surface area contributed by atoms with Gasteiger partial charge in [0.25, 0.3) is 11.5 Å². The number of carbonyl (C=O) groups excluding carboxylic acids is 3. The lowest BCUT2D eigenvalue weighted by atomic mass is 10.00. The molecule has 49 heavy (non-hydrogen) atoms. The van der Waals surface area contributed by atoms with E-state index in [0.29, 0.717) is 25.2 Å². The first-order valence-electron chi connectivity index (χ1n) is 15.4. The van der Waals surface area contributed by atoms with Crippen LogP contribution in [0.15, 0.2) is 96.4 Å². The molecule has 0 spiro atoms. The molecule has 1 aliphatic rings. The van der Waals surface area contributed by atoms with Crippen molar-refractivity contribution in [3.05, 3.63) is 148 Å². The summed E-state index contributed by atoms with van der Waals surface area (Å²) in [5, 5.41) is 0. The Balaban J connectivity index is 1.17. The topological polar surface area (TPSA) is 97.5 Å². The van der Waals surface area contributed by atoms with Crippen LogP contribution >= 0.6 is 0 Å². The number of amides is 1. The van der Waals surface area contributed by atoms with E-state index >= 15 is 0 Å². The van der Waals surface area contributed by atoms with Gasteiger partial charge in [0.2, 0.25) is 5.78 Å². The summed E-state index contributed by atoms with van der Waals surface area (Å²) in [5.74, 6) is -6.98. The third-order valence-corrected chi connectivity index (χ3v) is 8.37. The van der Waals surface area contributed by atoms with Gasteiger partial charge in [-0.25, -0.2) is 22.5 Å². The second kappa shape index (κ2) is 14.1. The molecule has 1 amide bonds. The minimum absolute atomic E-state index is 0.0663. The molecule has 6 rings (SSSR count). The number of aromatic nitrogens is 3.